The van der Waals surface area contributed by atoms with Gasteiger partial charge in [0.25, 0.3) is 0 Å². The molecule has 1 N–H and O–H groups in total. The third-order valence-electron chi connectivity index (χ3n) is 3.26. The van der Waals surface area contributed by atoms with E-state index in [4.69, 9.17) is 4.74 Å². The van der Waals surface area contributed by atoms with E-state index in [1.165, 1.54) is 32.1 Å². The van der Waals surface area contributed by atoms with Crippen molar-refractivity contribution >= 4 is 0 Å². The second-order valence-corrected chi connectivity index (χ2v) is 4.68. The molecule has 1 aromatic heterocycles. The Morgan fingerprint density at radius 2 is 2.18 bits per heavy atom. The smallest absolute Gasteiger partial charge is 0.137 e. The second-order valence-electron chi connectivity index (χ2n) is 4.68. The topological polar surface area (TPSA) is 34.1 Å². The van der Waals surface area contributed by atoms with Gasteiger partial charge in [-0.15, -0.1) is 0 Å². The van der Waals surface area contributed by atoms with Crippen molar-refractivity contribution in [3.8, 4) is 5.75 Å². The van der Waals surface area contributed by atoms with Crippen molar-refractivity contribution < 1.29 is 4.74 Å². The van der Waals surface area contributed by atoms with Gasteiger partial charge < -0.3 is 10.1 Å². The number of pyridine rings is 1. The lowest BCUT2D eigenvalue weighted by atomic mass is 9.95. The van der Waals surface area contributed by atoms with E-state index in [9.17, 15) is 0 Å². The van der Waals surface area contributed by atoms with Gasteiger partial charge in [-0.1, -0.05) is 19.3 Å². The molecule has 2 rings (SSSR count). The lowest BCUT2D eigenvalue weighted by Gasteiger charge is -2.22. The average Bonchev–Trinajstić information content (AvgIpc) is 2.41. The van der Waals surface area contributed by atoms with Crippen LogP contribution >= 0.6 is 0 Å². The van der Waals surface area contributed by atoms with Gasteiger partial charge in [-0.05, 0) is 37.9 Å². The molecule has 1 fully saturated rings. The number of ether oxygens (including phenoxy) is 1. The van der Waals surface area contributed by atoms with Crippen LogP contribution in [0.1, 0.15) is 38.5 Å². The molecule has 0 radical (unpaired) electrons. The highest BCUT2D eigenvalue weighted by Crippen LogP contribution is 2.17. The summed E-state index contributed by atoms with van der Waals surface area (Å²) < 4.78 is 5.59. The molecule has 0 spiro atoms. The molecule has 3 nitrogen and oxygen atoms in total. The minimum absolute atomic E-state index is 0.752. The molecule has 1 aliphatic carbocycles. The molecule has 17 heavy (non-hydrogen) atoms. The zero-order valence-corrected chi connectivity index (χ0v) is 10.4. The van der Waals surface area contributed by atoms with Crippen molar-refractivity contribution in [3.63, 3.8) is 0 Å². The third-order valence-corrected chi connectivity index (χ3v) is 3.26. The summed E-state index contributed by atoms with van der Waals surface area (Å²) in [5.41, 5.74) is 0. The maximum Gasteiger partial charge on any atom is 0.137 e. The van der Waals surface area contributed by atoms with E-state index >= 15 is 0 Å². The molecule has 0 aromatic carbocycles. The van der Waals surface area contributed by atoms with Crippen LogP contribution in [0.15, 0.2) is 24.5 Å². The maximum atomic E-state index is 5.59. The summed E-state index contributed by atoms with van der Waals surface area (Å²) in [5, 5.41) is 3.61. The Labute approximate surface area is 104 Å². The fourth-order valence-electron chi connectivity index (χ4n) is 2.31. The molecule has 1 heterocycles. The Morgan fingerprint density at radius 3 is 2.94 bits per heavy atom. The molecule has 94 valence electrons. The fourth-order valence-corrected chi connectivity index (χ4v) is 2.31. The van der Waals surface area contributed by atoms with E-state index in [2.05, 4.69) is 10.3 Å². The number of hydrogen-bond donors (Lipinski definition) is 1. The van der Waals surface area contributed by atoms with E-state index < -0.39 is 0 Å². The van der Waals surface area contributed by atoms with Crippen molar-refractivity contribution in [2.24, 2.45) is 0 Å². The van der Waals surface area contributed by atoms with Crippen molar-refractivity contribution in [1.29, 1.82) is 0 Å². The van der Waals surface area contributed by atoms with E-state index in [-0.39, 0.29) is 0 Å². The van der Waals surface area contributed by atoms with Gasteiger partial charge in [-0.2, -0.15) is 0 Å². The first-order valence-electron chi connectivity index (χ1n) is 6.71. The van der Waals surface area contributed by atoms with E-state index in [0.29, 0.717) is 0 Å². The van der Waals surface area contributed by atoms with Crippen LogP contribution in [0.4, 0.5) is 0 Å². The van der Waals surface area contributed by atoms with Crippen LogP contribution in [0.2, 0.25) is 0 Å². The second kappa shape index (κ2) is 7.28. The van der Waals surface area contributed by atoms with Crippen LogP contribution in [0.3, 0.4) is 0 Å². The first-order valence-corrected chi connectivity index (χ1v) is 6.71. The van der Waals surface area contributed by atoms with Gasteiger partial charge in [0.2, 0.25) is 0 Å². The predicted octanol–water partition coefficient (Wildman–Crippen LogP) is 2.77. The lowest BCUT2D eigenvalue weighted by molar-refractivity contribution is 0.296. The first-order chi connectivity index (χ1) is 8.45. The van der Waals surface area contributed by atoms with E-state index in [0.717, 1.165) is 31.4 Å². The predicted molar refractivity (Wildman–Crippen MR) is 69.2 cm³/mol. The van der Waals surface area contributed by atoms with Gasteiger partial charge in [0.15, 0.2) is 0 Å². The van der Waals surface area contributed by atoms with Crippen LogP contribution in [0.25, 0.3) is 0 Å². The Bertz CT molecular complexity index is 296. The van der Waals surface area contributed by atoms with Crippen LogP contribution in [0, 0.1) is 0 Å². The normalized spacial score (nSPS) is 16.9. The molecule has 0 amide bonds. The van der Waals surface area contributed by atoms with Crippen LogP contribution < -0.4 is 10.1 Å². The Kier molecular flexibility index (Phi) is 5.30. The summed E-state index contributed by atoms with van der Waals surface area (Å²) in [4.78, 5) is 4.02. The number of aromatic nitrogens is 1. The minimum atomic E-state index is 0.752. The van der Waals surface area contributed by atoms with E-state index in [1.54, 1.807) is 12.4 Å². The largest absolute Gasteiger partial charge is 0.492 e. The van der Waals surface area contributed by atoms with Crippen molar-refractivity contribution in [1.82, 2.24) is 10.3 Å². The number of hydrogen-bond acceptors (Lipinski definition) is 3. The zero-order chi connectivity index (χ0) is 11.8. The summed E-state index contributed by atoms with van der Waals surface area (Å²) in [6.45, 7) is 1.83. The van der Waals surface area contributed by atoms with Gasteiger partial charge in [0.05, 0.1) is 12.8 Å². The quantitative estimate of drug-likeness (QED) is 0.768. The summed E-state index contributed by atoms with van der Waals surface area (Å²) in [5.74, 6) is 0.866. The van der Waals surface area contributed by atoms with Gasteiger partial charge in [0, 0.05) is 12.2 Å². The summed E-state index contributed by atoms with van der Waals surface area (Å²) >= 11 is 0. The number of nitrogens with zero attached hydrogens (tertiary/aromatic N) is 1. The molecule has 0 aliphatic heterocycles. The molecular formula is C14H22N2O. The van der Waals surface area contributed by atoms with Gasteiger partial charge >= 0.3 is 0 Å². The highest BCUT2D eigenvalue weighted by atomic mass is 16.5. The minimum Gasteiger partial charge on any atom is -0.492 e. The summed E-state index contributed by atoms with van der Waals surface area (Å²) in [6, 6.07) is 4.60. The highest BCUT2D eigenvalue weighted by Gasteiger charge is 2.11. The standard InChI is InChI=1S/C14H22N2O/c1-2-6-13(7-3-1)16-10-5-11-17-14-8-4-9-15-12-14/h4,8-9,12-13,16H,1-3,5-7,10-11H2. The maximum absolute atomic E-state index is 5.59. The number of nitrogens with one attached hydrogen (secondary N) is 1. The van der Waals surface area contributed by atoms with Crippen LogP contribution in [-0.4, -0.2) is 24.2 Å². The van der Waals surface area contributed by atoms with Crippen LogP contribution in [-0.2, 0) is 0 Å². The Morgan fingerprint density at radius 1 is 1.29 bits per heavy atom. The SMILES string of the molecule is c1cncc(OCCCNC2CCCCC2)c1. The summed E-state index contributed by atoms with van der Waals surface area (Å²) in [6.07, 6.45) is 11.5. The molecule has 0 saturated heterocycles. The van der Waals surface area contributed by atoms with Crippen molar-refractivity contribution in [3.05, 3.63) is 24.5 Å². The highest BCUT2D eigenvalue weighted by molar-refractivity contribution is 5.15. The monoisotopic (exact) mass is 234 g/mol. The zero-order valence-electron chi connectivity index (χ0n) is 10.4. The molecule has 0 bridgehead atoms. The first kappa shape index (κ1) is 12.4. The Hall–Kier alpha value is -1.09. The molecule has 1 aliphatic rings. The number of rotatable bonds is 6. The molecule has 1 aromatic rings. The molecule has 1 saturated carbocycles. The molecule has 3 heteroatoms. The van der Waals surface area contributed by atoms with Gasteiger partial charge in [-0.3, -0.25) is 4.98 Å². The lowest BCUT2D eigenvalue weighted by Crippen LogP contribution is -2.32. The molecule has 0 unspecified atom stereocenters. The fraction of sp³-hybridized carbons (Fsp3) is 0.643. The van der Waals surface area contributed by atoms with E-state index in [1.807, 2.05) is 12.1 Å². The summed E-state index contributed by atoms with van der Waals surface area (Å²) in [7, 11) is 0. The average molecular weight is 234 g/mol. The Balaban J connectivity index is 1.51. The molecule has 0 atom stereocenters. The third kappa shape index (κ3) is 4.73. The van der Waals surface area contributed by atoms with Crippen molar-refractivity contribution in [2.45, 2.75) is 44.6 Å². The van der Waals surface area contributed by atoms with Gasteiger partial charge in [-0.25, -0.2) is 0 Å². The molecular weight excluding hydrogens is 212 g/mol. The van der Waals surface area contributed by atoms with Crippen molar-refractivity contribution in [2.75, 3.05) is 13.2 Å². The van der Waals surface area contributed by atoms with Crippen LogP contribution in [0.5, 0.6) is 5.75 Å². The van der Waals surface area contributed by atoms with Gasteiger partial charge in [0.1, 0.15) is 5.75 Å².